The molecule has 2 aromatic carbocycles. The van der Waals surface area contributed by atoms with Crippen LogP contribution in [-0.4, -0.2) is 11.1 Å². The molecule has 0 heterocycles. The van der Waals surface area contributed by atoms with Gasteiger partial charge in [0.1, 0.15) is 0 Å². The van der Waals surface area contributed by atoms with Crippen molar-refractivity contribution in [3.8, 4) is 11.1 Å². The van der Waals surface area contributed by atoms with Gasteiger partial charge in [0.05, 0.1) is 0 Å². The molecule has 3 heteroatoms. The molecule has 0 radical (unpaired) electrons. The van der Waals surface area contributed by atoms with Crippen LogP contribution in [0.4, 0.5) is 0 Å². The molecule has 3 rings (SSSR count). The van der Waals surface area contributed by atoms with Crippen molar-refractivity contribution in [2.45, 2.75) is 39.0 Å². The van der Waals surface area contributed by atoms with Crippen molar-refractivity contribution < 1.29 is 10.0 Å². The number of fused-ring (bicyclic) bond motifs is 1. The van der Waals surface area contributed by atoms with Gasteiger partial charge in [0.25, 0.3) is 0 Å². The summed E-state index contributed by atoms with van der Waals surface area (Å²) < 4.78 is 0. The van der Waals surface area contributed by atoms with Crippen molar-refractivity contribution in [3.63, 3.8) is 0 Å². The predicted octanol–water partition coefficient (Wildman–Crippen LogP) is 3.92. The summed E-state index contributed by atoms with van der Waals surface area (Å²) in [6.45, 7) is 2.19. The number of hydrogen-bond donors (Lipinski definition) is 2. The van der Waals surface area contributed by atoms with E-state index in [-0.39, 0.29) is 11.8 Å². The molecule has 1 atom stereocenters. The summed E-state index contributed by atoms with van der Waals surface area (Å²) >= 11 is 0. The molecule has 2 aromatic rings. The van der Waals surface area contributed by atoms with E-state index in [4.69, 9.17) is 5.21 Å². The van der Waals surface area contributed by atoms with E-state index < -0.39 is 0 Å². The van der Waals surface area contributed by atoms with Crippen molar-refractivity contribution in [2.75, 3.05) is 0 Å². The van der Waals surface area contributed by atoms with E-state index in [9.17, 15) is 4.79 Å². The summed E-state index contributed by atoms with van der Waals surface area (Å²) in [7, 11) is 0. The molecule has 0 saturated carbocycles. The van der Waals surface area contributed by atoms with Crippen molar-refractivity contribution in [1.82, 2.24) is 5.48 Å². The number of benzene rings is 2. The minimum Gasteiger partial charge on any atom is -0.289 e. The topological polar surface area (TPSA) is 49.3 Å². The third-order valence-corrected chi connectivity index (χ3v) is 4.74. The zero-order valence-electron chi connectivity index (χ0n) is 13.5. The van der Waals surface area contributed by atoms with Crippen molar-refractivity contribution in [3.05, 3.63) is 59.2 Å². The lowest BCUT2D eigenvalue weighted by Gasteiger charge is -2.23. The van der Waals surface area contributed by atoms with Gasteiger partial charge in [0.2, 0.25) is 5.91 Å². The number of amides is 1. The Balaban J connectivity index is 1.84. The maximum Gasteiger partial charge on any atom is 0.246 e. The first-order valence-corrected chi connectivity index (χ1v) is 8.36. The van der Waals surface area contributed by atoms with Crippen molar-refractivity contribution in [1.29, 1.82) is 0 Å². The molecule has 0 saturated heterocycles. The first-order chi connectivity index (χ1) is 11.2. The van der Waals surface area contributed by atoms with Gasteiger partial charge in [-0.1, -0.05) is 55.8 Å². The minimum absolute atomic E-state index is 0.130. The lowest BCUT2D eigenvalue weighted by Crippen LogP contribution is -2.31. The lowest BCUT2D eigenvalue weighted by atomic mass is 9.82. The fourth-order valence-electron chi connectivity index (χ4n) is 3.40. The number of hydrogen-bond acceptors (Lipinski definition) is 2. The molecule has 3 nitrogen and oxygen atoms in total. The van der Waals surface area contributed by atoms with Gasteiger partial charge < -0.3 is 0 Å². The molecular weight excluding hydrogens is 286 g/mol. The summed E-state index contributed by atoms with van der Waals surface area (Å²) in [5.74, 6) is -0.403. The van der Waals surface area contributed by atoms with E-state index in [0.29, 0.717) is 6.42 Å². The predicted molar refractivity (Wildman–Crippen MR) is 91.3 cm³/mol. The summed E-state index contributed by atoms with van der Waals surface area (Å²) in [5.41, 5.74) is 8.10. The van der Waals surface area contributed by atoms with Crippen LogP contribution in [0.1, 0.15) is 36.5 Å². The first-order valence-electron chi connectivity index (χ1n) is 8.36. The average molecular weight is 309 g/mol. The average Bonchev–Trinajstić information content (AvgIpc) is 2.61. The van der Waals surface area contributed by atoms with E-state index in [2.05, 4.69) is 49.4 Å². The summed E-state index contributed by atoms with van der Waals surface area (Å²) in [6, 6.07) is 15.3. The standard InChI is InChI=1S/C20H23NO2/c1-2-3-14-4-6-15(7-5-14)17-10-8-16-9-11-18(20(22)21-23)13-19(16)12-17/h4-8,10,12,18,23H,2-3,9,11,13H2,1H3,(H,21,22). The molecule has 1 aliphatic rings. The van der Waals surface area contributed by atoms with E-state index in [0.717, 1.165) is 25.7 Å². The van der Waals surface area contributed by atoms with Crippen LogP contribution in [0.25, 0.3) is 11.1 Å². The number of carbonyl (C=O) groups is 1. The van der Waals surface area contributed by atoms with Gasteiger partial charge in [0.15, 0.2) is 0 Å². The number of carbonyl (C=O) groups excluding carboxylic acids is 1. The Morgan fingerprint density at radius 1 is 1.13 bits per heavy atom. The fraction of sp³-hybridized carbons (Fsp3) is 0.350. The summed E-state index contributed by atoms with van der Waals surface area (Å²) in [6.07, 6.45) is 4.66. The Bertz CT molecular complexity index is 691. The van der Waals surface area contributed by atoms with Crippen LogP contribution >= 0.6 is 0 Å². The maximum atomic E-state index is 11.7. The second kappa shape index (κ2) is 6.97. The van der Waals surface area contributed by atoms with Crippen LogP contribution in [0.3, 0.4) is 0 Å². The second-order valence-electron chi connectivity index (χ2n) is 6.35. The molecule has 1 aliphatic carbocycles. The summed E-state index contributed by atoms with van der Waals surface area (Å²) in [5, 5.41) is 8.84. The summed E-state index contributed by atoms with van der Waals surface area (Å²) in [4.78, 5) is 11.7. The molecule has 1 unspecified atom stereocenters. The fourth-order valence-corrected chi connectivity index (χ4v) is 3.40. The molecule has 0 aromatic heterocycles. The van der Waals surface area contributed by atoms with Crippen molar-refractivity contribution in [2.24, 2.45) is 5.92 Å². The number of nitrogens with one attached hydrogen (secondary N) is 1. The molecule has 2 N–H and O–H groups in total. The van der Waals surface area contributed by atoms with E-state index >= 15 is 0 Å². The van der Waals surface area contributed by atoms with Gasteiger partial charge in [0, 0.05) is 5.92 Å². The van der Waals surface area contributed by atoms with Crippen molar-refractivity contribution >= 4 is 5.91 Å². The van der Waals surface area contributed by atoms with Gasteiger partial charge in [-0.15, -0.1) is 0 Å². The molecule has 120 valence electrons. The zero-order valence-corrected chi connectivity index (χ0v) is 13.5. The highest BCUT2D eigenvalue weighted by Gasteiger charge is 2.24. The van der Waals surface area contributed by atoms with Gasteiger partial charge in [-0.2, -0.15) is 0 Å². The Morgan fingerprint density at radius 3 is 2.57 bits per heavy atom. The van der Waals surface area contributed by atoms with Crippen LogP contribution < -0.4 is 5.48 Å². The van der Waals surface area contributed by atoms with Crippen LogP contribution in [0.5, 0.6) is 0 Å². The van der Waals surface area contributed by atoms with Crippen LogP contribution in [0.2, 0.25) is 0 Å². The normalized spacial score (nSPS) is 16.7. The first kappa shape index (κ1) is 15.8. The molecule has 1 amide bonds. The Hall–Kier alpha value is -2.13. The number of aryl methyl sites for hydroxylation is 2. The molecule has 0 aliphatic heterocycles. The quantitative estimate of drug-likeness (QED) is 0.664. The minimum atomic E-state index is -0.273. The third-order valence-electron chi connectivity index (χ3n) is 4.74. The van der Waals surface area contributed by atoms with E-state index in [1.54, 1.807) is 5.48 Å². The Morgan fingerprint density at radius 2 is 1.87 bits per heavy atom. The van der Waals surface area contributed by atoms with Gasteiger partial charge >= 0.3 is 0 Å². The maximum absolute atomic E-state index is 11.7. The molecule has 0 bridgehead atoms. The van der Waals surface area contributed by atoms with Crippen LogP contribution in [0, 0.1) is 5.92 Å². The highest BCUT2D eigenvalue weighted by Crippen LogP contribution is 2.30. The monoisotopic (exact) mass is 309 g/mol. The molecule has 0 spiro atoms. The molecular formula is C20H23NO2. The third kappa shape index (κ3) is 3.45. The van der Waals surface area contributed by atoms with Gasteiger partial charge in [-0.05, 0) is 53.5 Å². The zero-order chi connectivity index (χ0) is 16.2. The van der Waals surface area contributed by atoms with Crippen LogP contribution in [-0.2, 0) is 24.1 Å². The second-order valence-corrected chi connectivity index (χ2v) is 6.35. The Labute approximate surface area is 137 Å². The molecule has 0 fully saturated rings. The van der Waals surface area contributed by atoms with Gasteiger partial charge in [-0.25, -0.2) is 5.48 Å². The largest absolute Gasteiger partial charge is 0.289 e. The number of rotatable bonds is 4. The lowest BCUT2D eigenvalue weighted by molar-refractivity contribution is -0.133. The van der Waals surface area contributed by atoms with E-state index in [1.807, 2.05) is 0 Å². The van der Waals surface area contributed by atoms with E-state index in [1.165, 1.54) is 27.8 Å². The molecule has 23 heavy (non-hydrogen) atoms. The smallest absolute Gasteiger partial charge is 0.246 e. The van der Waals surface area contributed by atoms with Gasteiger partial charge in [-0.3, -0.25) is 10.0 Å². The highest BCUT2D eigenvalue weighted by molar-refractivity contribution is 5.78. The van der Waals surface area contributed by atoms with Crippen LogP contribution in [0.15, 0.2) is 42.5 Å². The number of hydroxylamine groups is 1. The Kier molecular flexibility index (Phi) is 4.77. The SMILES string of the molecule is CCCc1ccc(-c2ccc3c(c2)CC(C(=O)NO)CC3)cc1. The highest BCUT2D eigenvalue weighted by atomic mass is 16.5.